The Morgan fingerprint density at radius 3 is 1.56 bits per heavy atom. The molecule has 0 bridgehead atoms. The van der Waals surface area contributed by atoms with Crippen molar-refractivity contribution in [1.82, 2.24) is 19.5 Å². The second-order valence-electron chi connectivity index (χ2n) is 17.9. The van der Waals surface area contributed by atoms with Gasteiger partial charge in [0.2, 0.25) is 0 Å². The van der Waals surface area contributed by atoms with Crippen molar-refractivity contribution in [3.8, 4) is 73.1 Å². The second-order valence-corrected chi connectivity index (χ2v) is 17.9. The largest absolute Gasteiger partial charge is 0.456 e. The predicted molar refractivity (Wildman–Crippen MR) is 289 cm³/mol. The number of para-hydroxylation sites is 4. The molecule has 0 aliphatic carbocycles. The molecular weight excluding hydrogens is 853 g/mol. The maximum atomic E-state index is 6.66. The zero-order valence-corrected chi connectivity index (χ0v) is 37.8. The first kappa shape index (κ1) is 39.7. The van der Waals surface area contributed by atoms with Crippen LogP contribution in [0.2, 0.25) is 0 Å². The fourth-order valence-corrected chi connectivity index (χ4v) is 10.6. The van der Waals surface area contributed by atoms with Crippen LogP contribution in [-0.4, -0.2) is 19.5 Å². The molecule has 326 valence electrons. The Kier molecular flexibility index (Phi) is 9.14. The SMILES string of the molecule is c1ccc(-c2nc(-c3cccc(-c4cccc(-c5nc6ccccc6c6c(-c7ccccc7)c7c(cc56)oc5ccccc57)c4)c3)cc(-c3cccc(-n4c5ccccc5c5ccccc54)c3)n2)cc1. The zero-order valence-electron chi connectivity index (χ0n) is 37.8. The fraction of sp³-hybridized carbons (Fsp3) is 0. The summed E-state index contributed by atoms with van der Waals surface area (Å²) in [4.78, 5) is 15.9. The minimum absolute atomic E-state index is 0.672. The van der Waals surface area contributed by atoms with Crippen LogP contribution in [0.25, 0.3) is 139 Å². The molecule has 0 aliphatic rings. The molecule has 14 rings (SSSR count). The first-order valence-electron chi connectivity index (χ1n) is 23.7. The minimum atomic E-state index is 0.672. The van der Waals surface area contributed by atoms with Gasteiger partial charge in [0.1, 0.15) is 11.2 Å². The molecule has 0 aliphatic heterocycles. The van der Waals surface area contributed by atoms with Crippen molar-refractivity contribution in [2.24, 2.45) is 0 Å². The van der Waals surface area contributed by atoms with Crippen LogP contribution in [0, 0.1) is 0 Å². The van der Waals surface area contributed by atoms with E-state index >= 15 is 0 Å². The Labute approximate surface area is 403 Å². The molecule has 0 radical (unpaired) electrons. The van der Waals surface area contributed by atoms with Gasteiger partial charge < -0.3 is 8.98 Å². The third-order valence-corrected chi connectivity index (χ3v) is 13.8. The van der Waals surface area contributed by atoms with Crippen molar-refractivity contribution in [2.75, 3.05) is 0 Å². The summed E-state index contributed by atoms with van der Waals surface area (Å²) < 4.78 is 9.01. The van der Waals surface area contributed by atoms with Gasteiger partial charge >= 0.3 is 0 Å². The van der Waals surface area contributed by atoms with Crippen LogP contribution in [-0.2, 0) is 0 Å². The number of aromatic nitrogens is 4. The highest BCUT2D eigenvalue weighted by Crippen LogP contribution is 2.46. The van der Waals surface area contributed by atoms with E-state index in [1.807, 2.05) is 24.3 Å². The number of pyridine rings is 1. The second kappa shape index (κ2) is 16.1. The summed E-state index contributed by atoms with van der Waals surface area (Å²) in [6.07, 6.45) is 0. The quantitative estimate of drug-likeness (QED) is 0.150. The molecule has 0 saturated heterocycles. The lowest BCUT2D eigenvalue weighted by atomic mass is 9.89. The topological polar surface area (TPSA) is 56.7 Å². The van der Waals surface area contributed by atoms with Gasteiger partial charge in [-0.3, -0.25) is 0 Å². The van der Waals surface area contributed by atoms with Crippen LogP contribution in [0.4, 0.5) is 0 Å². The molecule has 0 saturated carbocycles. The van der Waals surface area contributed by atoms with E-state index in [4.69, 9.17) is 19.4 Å². The van der Waals surface area contributed by atoms with Crippen molar-refractivity contribution in [2.45, 2.75) is 0 Å². The lowest BCUT2D eigenvalue weighted by molar-refractivity contribution is 0.669. The predicted octanol–water partition coefficient (Wildman–Crippen LogP) is 17.2. The lowest BCUT2D eigenvalue weighted by Gasteiger charge is -2.16. The van der Waals surface area contributed by atoms with Gasteiger partial charge in [0, 0.05) is 71.2 Å². The monoisotopic (exact) mass is 892 g/mol. The van der Waals surface area contributed by atoms with Gasteiger partial charge in [-0.25, -0.2) is 15.0 Å². The molecule has 4 aromatic heterocycles. The van der Waals surface area contributed by atoms with Crippen LogP contribution in [0.15, 0.2) is 247 Å². The standard InChI is InChI=1S/C65H40N4O/c1-3-18-41(19-4-1)61-62-51-30-7-11-32-54(51)66-64(53(62)39-60-63(61)52-31-10-14-35-59(52)70-60)47-26-16-23-44(37-47)43-22-15-24-45(36-43)55-40-56(68-65(67-55)42-20-5-2-6-21-42)46-25-17-27-48(38-46)69-57-33-12-8-28-49(57)50-29-9-13-34-58(50)69/h1-40H. The maximum absolute atomic E-state index is 6.66. The van der Waals surface area contributed by atoms with Crippen LogP contribution in [0.5, 0.6) is 0 Å². The number of benzene rings is 10. The van der Waals surface area contributed by atoms with Crippen LogP contribution in [0.3, 0.4) is 0 Å². The third-order valence-electron chi connectivity index (χ3n) is 13.8. The van der Waals surface area contributed by atoms with Crippen LogP contribution < -0.4 is 0 Å². The molecule has 0 fully saturated rings. The highest BCUT2D eigenvalue weighted by atomic mass is 16.3. The van der Waals surface area contributed by atoms with E-state index in [1.165, 1.54) is 21.8 Å². The van der Waals surface area contributed by atoms with E-state index in [0.717, 1.165) is 111 Å². The van der Waals surface area contributed by atoms with E-state index in [0.29, 0.717) is 5.82 Å². The van der Waals surface area contributed by atoms with Crippen LogP contribution in [0.1, 0.15) is 0 Å². The minimum Gasteiger partial charge on any atom is -0.456 e. The Hall–Kier alpha value is -9.45. The van der Waals surface area contributed by atoms with E-state index in [9.17, 15) is 0 Å². The number of furan rings is 1. The number of hydrogen-bond acceptors (Lipinski definition) is 4. The molecule has 5 nitrogen and oxygen atoms in total. The Balaban J connectivity index is 0.914. The van der Waals surface area contributed by atoms with Gasteiger partial charge in [-0.05, 0) is 77.4 Å². The van der Waals surface area contributed by atoms with Gasteiger partial charge in [-0.2, -0.15) is 0 Å². The first-order valence-corrected chi connectivity index (χ1v) is 23.7. The number of fused-ring (bicyclic) bond motifs is 9. The number of hydrogen-bond donors (Lipinski definition) is 0. The molecule has 4 heterocycles. The zero-order chi connectivity index (χ0) is 46.1. The Morgan fingerprint density at radius 2 is 0.843 bits per heavy atom. The van der Waals surface area contributed by atoms with Gasteiger partial charge in [0.05, 0.1) is 33.6 Å². The molecule has 0 spiro atoms. The third kappa shape index (κ3) is 6.51. The van der Waals surface area contributed by atoms with Crippen molar-refractivity contribution in [3.63, 3.8) is 0 Å². The van der Waals surface area contributed by atoms with Crippen molar-refractivity contribution < 1.29 is 4.42 Å². The summed E-state index contributed by atoms with van der Waals surface area (Å²) in [7, 11) is 0. The van der Waals surface area contributed by atoms with Gasteiger partial charge in [-0.15, -0.1) is 0 Å². The van der Waals surface area contributed by atoms with Gasteiger partial charge in [0.15, 0.2) is 5.82 Å². The van der Waals surface area contributed by atoms with Crippen molar-refractivity contribution in [1.29, 1.82) is 0 Å². The average Bonchev–Trinajstić information content (AvgIpc) is 3.98. The summed E-state index contributed by atoms with van der Waals surface area (Å²) in [6, 6.07) is 85.5. The fourth-order valence-electron chi connectivity index (χ4n) is 10.6. The molecule has 0 amide bonds. The molecule has 70 heavy (non-hydrogen) atoms. The summed E-state index contributed by atoms with van der Waals surface area (Å²) in [5.74, 6) is 0.672. The molecular formula is C65H40N4O. The Morgan fingerprint density at radius 1 is 0.314 bits per heavy atom. The normalized spacial score (nSPS) is 11.7. The van der Waals surface area contributed by atoms with E-state index < -0.39 is 0 Å². The first-order chi connectivity index (χ1) is 34.7. The van der Waals surface area contributed by atoms with E-state index in [1.54, 1.807) is 0 Å². The number of nitrogens with zero attached hydrogens (tertiary/aromatic N) is 4. The molecule has 10 aromatic carbocycles. The summed E-state index contributed by atoms with van der Waals surface area (Å²) in [5, 5.41) is 7.98. The van der Waals surface area contributed by atoms with E-state index in [-0.39, 0.29) is 0 Å². The van der Waals surface area contributed by atoms with E-state index in [2.05, 4.69) is 223 Å². The molecule has 0 atom stereocenters. The summed E-state index contributed by atoms with van der Waals surface area (Å²) in [6.45, 7) is 0. The van der Waals surface area contributed by atoms with Crippen molar-refractivity contribution >= 4 is 65.4 Å². The van der Waals surface area contributed by atoms with Crippen molar-refractivity contribution in [3.05, 3.63) is 243 Å². The molecule has 5 heteroatoms. The highest BCUT2D eigenvalue weighted by molar-refractivity contribution is 6.27. The molecule has 0 unspecified atom stereocenters. The Bertz CT molecular complexity index is 4310. The summed E-state index contributed by atoms with van der Waals surface area (Å²) in [5.41, 5.74) is 17.1. The average molecular weight is 893 g/mol. The smallest absolute Gasteiger partial charge is 0.160 e. The maximum Gasteiger partial charge on any atom is 0.160 e. The number of rotatable bonds is 7. The van der Waals surface area contributed by atoms with Gasteiger partial charge in [0.25, 0.3) is 0 Å². The van der Waals surface area contributed by atoms with Gasteiger partial charge in [-0.1, -0.05) is 182 Å². The summed E-state index contributed by atoms with van der Waals surface area (Å²) >= 11 is 0. The molecule has 0 N–H and O–H groups in total. The van der Waals surface area contributed by atoms with Crippen LogP contribution >= 0.6 is 0 Å². The molecule has 14 aromatic rings. The lowest BCUT2D eigenvalue weighted by Crippen LogP contribution is -1.98. The highest BCUT2D eigenvalue weighted by Gasteiger charge is 2.22.